The predicted octanol–water partition coefficient (Wildman–Crippen LogP) is 4.32. The molecule has 0 unspecified atom stereocenters. The first-order chi connectivity index (χ1) is 14.6. The highest BCUT2D eigenvalue weighted by Gasteiger charge is 2.33. The SMILES string of the molecule is Nc1ccc(-c2cn(C3CC(OCc4ccccc4)C3)c3ncnc(N)c23)cc1F. The third-order valence-electron chi connectivity index (χ3n) is 5.74. The quantitative estimate of drug-likeness (QED) is 0.484. The summed E-state index contributed by atoms with van der Waals surface area (Å²) in [6.45, 7) is 0.607. The lowest BCUT2D eigenvalue weighted by Crippen LogP contribution is -2.33. The van der Waals surface area contributed by atoms with E-state index in [0.717, 1.165) is 29.4 Å². The summed E-state index contributed by atoms with van der Waals surface area (Å²) in [7, 11) is 0. The van der Waals surface area contributed by atoms with Crippen LogP contribution in [-0.4, -0.2) is 20.6 Å². The molecule has 0 aliphatic heterocycles. The molecule has 0 amide bonds. The van der Waals surface area contributed by atoms with E-state index < -0.39 is 5.82 Å². The van der Waals surface area contributed by atoms with Crippen molar-refractivity contribution in [3.63, 3.8) is 0 Å². The highest BCUT2D eigenvalue weighted by atomic mass is 19.1. The van der Waals surface area contributed by atoms with Gasteiger partial charge in [0.15, 0.2) is 0 Å². The topological polar surface area (TPSA) is 92.0 Å². The smallest absolute Gasteiger partial charge is 0.146 e. The molecule has 6 nitrogen and oxygen atoms in total. The fourth-order valence-corrected chi connectivity index (χ4v) is 3.99. The second kappa shape index (κ2) is 7.42. The van der Waals surface area contributed by atoms with Gasteiger partial charge in [0.25, 0.3) is 0 Å². The van der Waals surface area contributed by atoms with Gasteiger partial charge in [-0.05, 0) is 36.1 Å². The number of ether oxygens (including phenoxy) is 1. The lowest BCUT2D eigenvalue weighted by molar-refractivity contribution is -0.0347. The molecule has 2 heterocycles. The van der Waals surface area contributed by atoms with Gasteiger partial charge < -0.3 is 20.8 Å². The number of hydrogen-bond donors (Lipinski definition) is 2. The number of benzene rings is 2. The largest absolute Gasteiger partial charge is 0.396 e. The van der Waals surface area contributed by atoms with Gasteiger partial charge in [0.2, 0.25) is 0 Å². The molecule has 30 heavy (non-hydrogen) atoms. The number of nitrogens with two attached hydrogens (primary N) is 2. The highest BCUT2D eigenvalue weighted by molar-refractivity contribution is 6.00. The summed E-state index contributed by atoms with van der Waals surface area (Å²) in [6, 6.07) is 15.2. The third-order valence-corrected chi connectivity index (χ3v) is 5.74. The molecule has 0 radical (unpaired) electrons. The van der Waals surface area contributed by atoms with Crippen molar-refractivity contribution in [3.8, 4) is 11.1 Å². The van der Waals surface area contributed by atoms with Crippen molar-refractivity contribution >= 4 is 22.5 Å². The van der Waals surface area contributed by atoms with E-state index in [-0.39, 0.29) is 17.8 Å². The maximum atomic E-state index is 14.1. The van der Waals surface area contributed by atoms with Crippen LogP contribution in [0.25, 0.3) is 22.2 Å². The van der Waals surface area contributed by atoms with Crippen molar-refractivity contribution in [2.75, 3.05) is 11.5 Å². The molecule has 1 aliphatic carbocycles. The molecule has 1 fully saturated rings. The number of rotatable bonds is 5. The van der Waals surface area contributed by atoms with Gasteiger partial charge in [-0.2, -0.15) is 0 Å². The zero-order valence-electron chi connectivity index (χ0n) is 16.3. The van der Waals surface area contributed by atoms with Crippen molar-refractivity contribution < 1.29 is 9.13 Å². The van der Waals surface area contributed by atoms with Gasteiger partial charge >= 0.3 is 0 Å². The molecule has 1 aliphatic rings. The van der Waals surface area contributed by atoms with Crippen LogP contribution < -0.4 is 11.5 Å². The van der Waals surface area contributed by atoms with E-state index in [0.29, 0.717) is 18.0 Å². The van der Waals surface area contributed by atoms with Gasteiger partial charge in [-0.15, -0.1) is 0 Å². The third kappa shape index (κ3) is 3.27. The molecular formula is C23H22FN5O. The summed E-state index contributed by atoms with van der Waals surface area (Å²) in [5.74, 6) is -0.0796. The number of nitrogens with zero attached hydrogens (tertiary/aromatic N) is 3. The van der Waals surface area contributed by atoms with E-state index in [1.165, 1.54) is 18.0 Å². The first-order valence-electron chi connectivity index (χ1n) is 9.92. The van der Waals surface area contributed by atoms with Crippen LogP contribution in [0.5, 0.6) is 0 Å². The van der Waals surface area contributed by atoms with E-state index in [2.05, 4.69) is 26.7 Å². The van der Waals surface area contributed by atoms with E-state index >= 15 is 0 Å². The molecular weight excluding hydrogens is 381 g/mol. The van der Waals surface area contributed by atoms with Crippen LogP contribution in [0.15, 0.2) is 61.1 Å². The Morgan fingerprint density at radius 3 is 2.63 bits per heavy atom. The Kier molecular flexibility index (Phi) is 4.59. The van der Waals surface area contributed by atoms with Crippen LogP contribution in [0.2, 0.25) is 0 Å². The summed E-state index contributed by atoms with van der Waals surface area (Å²) in [6.07, 6.45) is 5.42. The minimum atomic E-state index is -0.457. The first kappa shape index (κ1) is 18.6. The van der Waals surface area contributed by atoms with E-state index in [1.54, 1.807) is 12.1 Å². The fourth-order valence-electron chi connectivity index (χ4n) is 3.99. The van der Waals surface area contributed by atoms with Gasteiger partial charge in [0.05, 0.1) is 23.8 Å². The summed E-state index contributed by atoms with van der Waals surface area (Å²) in [4.78, 5) is 8.60. The zero-order chi connectivity index (χ0) is 20.7. The van der Waals surface area contributed by atoms with Gasteiger partial charge in [0, 0.05) is 17.8 Å². The van der Waals surface area contributed by atoms with E-state index in [4.69, 9.17) is 16.2 Å². The molecule has 2 aromatic carbocycles. The molecule has 0 atom stereocenters. The molecule has 0 bridgehead atoms. The zero-order valence-corrected chi connectivity index (χ0v) is 16.3. The molecule has 1 saturated carbocycles. The lowest BCUT2D eigenvalue weighted by atomic mass is 9.89. The molecule has 4 aromatic rings. The van der Waals surface area contributed by atoms with Crippen molar-refractivity contribution in [1.82, 2.24) is 14.5 Å². The first-order valence-corrected chi connectivity index (χ1v) is 9.92. The number of halogens is 1. The van der Waals surface area contributed by atoms with Crippen LogP contribution in [-0.2, 0) is 11.3 Å². The van der Waals surface area contributed by atoms with E-state index in [1.807, 2.05) is 24.4 Å². The molecule has 152 valence electrons. The number of fused-ring (bicyclic) bond motifs is 1. The minimum absolute atomic E-state index is 0.115. The molecule has 0 saturated heterocycles. The monoisotopic (exact) mass is 403 g/mol. The Bertz CT molecular complexity index is 1200. The standard InChI is InChI=1S/C23H22FN5O/c24-19-8-15(6-7-20(19)25)18-11-29(23-21(18)22(26)27-13-28-23)16-9-17(10-16)30-12-14-4-2-1-3-5-14/h1-8,11,13,16-17H,9-10,12,25H2,(H2,26,27,28). The van der Waals surface area contributed by atoms with E-state index in [9.17, 15) is 4.39 Å². The number of hydrogen-bond acceptors (Lipinski definition) is 5. The van der Waals surface area contributed by atoms with Crippen molar-refractivity contribution in [2.24, 2.45) is 0 Å². The molecule has 5 rings (SSSR count). The highest BCUT2D eigenvalue weighted by Crippen LogP contribution is 2.41. The van der Waals surface area contributed by atoms with Crippen molar-refractivity contribution in [2.45, 2.75) is 31.6 Å². The minimum Gasteiger partial charge on any atom is -0.396 e. The number of aromatic nitrogens is 3. The lowest BCUT2D eigenvalue weighted by Gasteiger charge is -2.36. The van der Waals surface area contributed by atoms with Gasteiger partial charge in [-0.25, -0.2) is 14.4 Å². The van der Waals surface area contributed by atoms with Crippen LogP contribution >= 0.6 is 0 Å². The molecule has 4 N–H and O–H groups in total. The van der Waals surface area contributed by atoms with Crippen molar-refractivity contribution in [3.05, 3.63) is 72.4 Å². The number of nitrogen functional groups attached to an aromatic ring is 2. The van der Waals surface area contributed by atoms with Gasteiger partial charge in [-0.3, -0.25) is 0 Å². The summed E-state index contributed by atoms with van der Waals surface area (Å²) in [5.41, 5.74) is 15.3. The van der Waals surface area contributed by atoms with Crippen LogP contribution in [0, 0.1) is 5.82 Å². The average molecular weight is 403 g/mol. The maximum absolute atomic E-state index is 14.1. The van der Waals surface area contributed by atoms with Crippen LogP contribution in [0.3, 0.4) is 0 Å². The normalized spacial score (nSPS) is 18.4. The second-order valence-corrected chi connectivity index (χ2v) is 7.69. The van der Waals surface area contributed by atoms with Gasteiger partial charge in [0.1, 0.15) is 23.6 Å². The molecule has 7 heteroatoms. The van der Waals surface area contributed by atoms with Crippen molar-refractivity contribution in [1.29, 1.82) is 0 Å². The predicted molar refractivity (Wildman–Crippen MR) is 115 cm³/mol. The summed E-state index contributed by atoms with van der Waals surface area (Å²) in [5, 5.41) is 0.732. The maximum Gasteiger partial charge on any atom is 0.146 e. The second-order valence-electron chi connectivity index (χ2n) is 7.69. The Hall–Kier alpha value is -3.45. The Balaban J connectivity index is 1.40. The Labute approximate surface area is 173 Å². The average Bonchev–Trinajstić information content (AvgIpc) is 3.10. The van der Waals surface area contributed by atoms with Crippen LogP contribution in [0.1, 0.15) is 24.4 Å². The fraction of sp³-hybridized carbons (Fsp3) is 0.217. The molecule has 2 aromatic heterocycles. The van der Waals surface area contributed by atoms with Gasteiger partial charge in [-0.1, -0.05) is 36.4 Å². The Morgan fingerprint density at radius 2 is 1.87 bits per heavy atom. The summed E-state index contributed by atoms with van der Waals surface area (Å²) < 4.78 is 22.2. The Morgan fingerprint density at radius 1 is 1.07 bits per heavy atom. The molecule has 0 spiro atoms. The number of anilines is 2. The van der Waals surface area contributed by atoms with Crippen LogP contribution in [0.4, 0.5) is 15.9 Å². The summed E-state index contributed by atoms with van der Waals surface area (Å²) >= 11 is 0.